The number of halogens is 1. The number of urea groups is 1. The second-order valence-electron chi connectivity index (χ2n) is 5.06. The number of benzene rings is 2. The molecule has 6 heteroatoms. The highest BCUT2D eigenvalue weighted by molar-refractivity contribution is 6.30. The average Bonchev–Trinajstić information content (AvgIpc) is 2.55. The molecular formula is C17H17ClN2O3. The van der Waals surface area contributed by atoms with Gasteiger partial charge in [-0.3, -0.25) is 0 Å². The molecule has 23 heavy (non-hydrogen) atoms. The Morgan fingerprint density at radius 2 is 1.74 bits per heavy atom. The normalized spacial score (nSPS) is 11.6. The van der Waals surface area contributed by atoms with E-state index in [9.17, 15) is 14.7 Å². The minimum Gasteiger partial charge on any atom is -0.480 e. The van der Waals surface area contributed by atoms with Gasteiger partial charge in [0.2, 0.25) is 0 Å². The molecule has 1 atom stereocenters. The Morgan fingerprint density at radius 1 is 1.13 bits per heavy atom. The Balaban J connectivity index is 2.16. The summed E-state index contributed by atoms with van der Waals surface area (Å²) in [4.78, 5) is 25.0. The highest BCUT2D eigenvalue weighted by Gasteiger charge is 2.25. The maximum absolute atomic E-state index is 12.5. The molecule has 0 aromatic heterocycles. The molecule has 2 N–H and O–H groups in total. The summed E-state index contributed by atoms with van der Waals surface area (Å²) in [6.45, 7) is 1.68. The first-order valence-corrected chi connectivity index (χ1v) is 7.45. The van der Waals surface area contributed by atoms with E-state index in [1.165, 1.54) is 11.8 Å². The third-order valence-electron chi connectivity index (χ3n) is 3.38. The van der Waals surface area contributed by atoms with E-state index in [1.54, 1.807) is 24.3 Å². The number of carbonyl (C=O) groups excluding carboxylic acids is 1. The van der Waals surface area contributed by atoms with Gasteiger partial charge in [0.15, 0.2) is 0 Å². The summed E-state index contributed by atoms with van der Waals surface area (Å²) in [5.41, 5.74) is 1.40. The zero-order chi connectivity index (χ0) is 16.8. The summed E-state index contributed by atoms with van der Waals surface area (Å²) in [5, 5.41) is 12.5. The fourth-order valence-electron chi connectivity index (χ4n) is 2.03. The molecule has 2 aromatic carbocycles. The molecule has 0 heterocycles. The molecule has 1 unspecified atom stereocenters. The zero-order valence-corrected chi connectivity index (χ0v) is 13.3. The number of carboxylic acid groups (broad SMARTS) is 1. The topological polar surface area (TPSA) is 69.6 Å². The van der Waals surface area contributed by atoms with Crippen LogP contribution in [-0.2, 0) is 11.3 Å². The van der Waals surface area contributed by atoms with E-state index in [0.29, 0.717) is 10.7 Å². The lowest BCUT2D eigenvalue weighted by Crippen LogP contribution is -2.44. The van der Waals surface area contributed by atoms with Crippen LogP contribution in [0.25, 0.3) is 0 Å². The molecule has 0 fully saturated rings. The van der Waals surface area contributed by atoms with Gasteiger partial charge >= 0.3 is 12.0 Å². The van der Waals surface area contributed by atoms with Crippen LogP contribution in [0.1, 0.15) is 12.5 Å². The number of amides is 2. The fourth-order valence-corrected chi connectivity index (χ4v) is 2.15. The summed E-state index contributed by atoms with van der Waals surface area (Å²) in [6.07, 6.45) is 0. The summed E-state index contributed by atoms with van der Waals surface area (Å²) in [5.74, 6) is -1.06. The van der Waals surface area contributed by atoms with Crippen molar-refractivity contribution >= 4 is 29.3 Å². The molecule has 2 amide bonds. The van der Waals surface area contributed by atoms with E-state index in [0.717, 1.165) is 5.56 Å². The molecule has 0 aliphatic rings. The Labute approximate surface area is 139 Å². The van der Waals surface area contributed by atoms with Crippen molar-refractivity contribution in [3.05, 3.63) is 65.2 Å². The fraction of sp³-hybridized carbons (Fsp3) is 0.176. The molecule has 0 saturated carbocycles. The predicted molar refractivity (Wildman–Crippen MR) is 89.6 cm³/mol. The monoisotopic (exact) mass is 332 g/mol. The lowest BCUT2D eigenvalue weighted by Gasteiger charge is -2.27. The molecule has 2 aromatic rings. The van der Waals surface area contributed by atoms with Crippen LogP contribution >= 0.6 is 11.6 Å². The minimum absolute atomic E-state index is 0.202. The number of hydrogen-bond donors (Lipinski definition) is 2. The van der Waals surface area contributed by atoms with Gasteiger partial charge in [0.25, 0.3) is 0 Å². The summed E-state index contributed by atoms with van der Waals surface area (Å²) < 4.78 is 0. The Morgan fingerprint density at radius 3 is 2.30 bits per heavy atom. The summed E-state index contributed by atoms with van der Waals surface area (Å²) in [6, 6.07) is 14.4. The lowest BCUT2D eigenvalue weighted by molar-refractivity contribution is -0.141. The van der Waals surface area contributed by atoms with Crippen LogP contribution in [0.15, 0.2) is 54.6 Å². The van der Waals surface area contributed by atoms with Crippen molar-refractivity contribution in [2.24, 2.45) is 0 Å². The molecule has 0 aliphatic heterocycles. The number of carboxylic acids is 1. The number of carbonyl (C=O) groups is 2. The zero-order valence-electron chi connectivity index (χ0n) is 12.6. The number of aliphatic carboxylic acids is 1. The maximum Gasteiger partial charge on any atom is 0.326 e. The summed E-state index contributed by atoms with van der Waals surface area (Å²) in [7, 11) is 0. The first-order chi connectivity index (χ1) is 11.0. The SMILES string of the molecule is CC(C(=O)O)N(Cc1ccccc1)C(=O)Nc1ccc(Cl)cc1. The Kier molecular flexibility index (Phi) is 5.60. The third kappa shape index (κ3) is 4.72. The molecule has 0 saturated heterocycles. The lowest BCUT2D eigenvalue weighted by atomic mass is 10.2. The highest BCUT2D eigenvalue weighted by atomic mass is 35.5. The number of rotatable bonds is 5. The first-order valence-electron chi connectivity index (χ1n) is 7.07. The van der Waals surface area contributed by atoms with Crippen LogP contribution < -0.4 is 5.32 Å². The Bertz CT molecular complexity index is 674. The third-order valence-corrected chi connectivity index (χ3v) is 3.63. The van der Waals surface area contributed by atoms with E-state index < -0.39 is 18.0 Å². The van der Waals surface area contributed by atoms with E-state index >= 15 is 0 Å². The van der Waals surface area contributed by atoms with Crippen molar-refractivity contribution < 1.29 is 14.7 Å². The molecule has 5 nitrogen and oxygen atoms in total. The van der Waals surface area contributed by atoms with Gasteiger partial charge < -0.3 is 15.3 Å². The number of hydrogen-bond acceptors (Lipinski definition) is 2. The van der Waals surface area contributed by atoms with Crippen molar-refractivity contribution in [2.75, 3.05) is 5.32 Å². The van der Waals surface area contributed by atoms with Gasteiger partial charge in [0, 0.05) is 17.3 Å². The van der Waals surface area contributed by atoms with E-state index in [-0.39, 0.29) is 6.54 Å². The van der Waals surface area contributed by atoms with Gasteiger partial charge in [-0.05, 0) is 36.8 Å². The maximum atomic E-state index is 12.5. The van der Waals surface area contributed by atoms with Crippen LogP contribution in [0, 0.1) is 0 Å². The van der Waals surface area contributed by atoms with Gasteiger partial charge in [-0.25, -0.2) is 9.59 Å². The van der Waals surface area contributed by atoms with Crippen molar-refractivity contribution in [2.45, 2.75) is 19.5 Å². The van der Waals surface area contributed by atoms with Gasteiger partial charge in [-0.15, -0.1) is 0 Å². The van der Waals surface area contributed by atoms with Gasteiger partial charge in [0.1, 0.15) is 6.04 Å². The van der Waals surface area contributed by atoms with Crippen LogP contribution in [0.3, 0.4) is 0 Å². The van der Waals surface area contributed by atoms with E-state index in [2.05, 4.69) is 5.32 Å². The molecular weight excluding hydrogens is 316 g/mol. The van der Waals surface area contributed by atoms with Crippen LogP contribution in [0.4, 0.5) is 10.5 Å². The van der Waals surface area contributed by atoms with Crippen LogP contribution in [0.5, 0.6) is 0 Å². The van der Waals surface area contributed by atoms with E-state index in [1.807, 2.05) is 30.3 Å². The molecule has 0 aliphatic carbocycles. The smallest absolute Gasteiger partial charge is 0.326 e. The predicted octanol–water partition coefficient (Wildman–Crippen LogP) is 3.85. The molecule has 0 radical (unpaired) electrons. The van der Waals surface area contributed by atoms with Crippen molar-refractivity contribution in [3.63, 3.8) is 0 Å². The van der Waals surface area contributed by atoms with Crippen LogP contribution in [-0.4, -0.2) is 28.0 Å². The molecule has 0 spiro atoms. The number of nitrogens with one attached hydrogen (secondary N) is 1. The first kappa shape index (κ1) is 16.8. The number of nitrogens with zero attached hydrogens (tertiary/aromatic N) is 1. The Hall–Kier alpha value is -2.53. The van der Waals surface area contributed by atoms with Gasteiger partial charge in [-0.1, -0.05) is 41.9 Å². The largest absolute Gasteiger partial charge is 0.480 e. The second kappa shape index (κ2) is 7.65. The van der Waals surface area contributed by atoms with Crippen LogP contribution in [0.2, 0.25) is 5.02 Å². The minimum atomic E-state index is -1.06. The van der Waals surface area contributed by atoms with Crippen molar-refractivity contribution in [3.8, 4) is 0 Å². The standard InChI is InChI=1S/C17H17ClN2O3/c1-12(16(21)22)20(11-13-5-3-2-4-6-13)17(23)19-15-9-7-14(18)8-10-15/h2-10,12H,11H2,1H3,(H,19,23)(H,21,22). The summed E-state index contributed by atoms with van der Waals surface area (Å²) >= 11 is 5.81. The quantitative estimate of drug-likeness (QED) is 0.873. The molecule has 120 valence electrons. The average molecular weight is 333 g/mol. The number of anilines is 1. The van der Waals surface area contributed by atoms with Crippen molar-refractivity contribution in [1.29, 1.82) is 0 Å². The van der Waals surface area contributed by atoms with Gasteiger partial charge in [0.05, 0.1) is 0 Å². The second-order valence-corrected chi connectivity index (χ2v) is 5.50. The molecule has 0 bridgehead atoms. The van der Waals surface area contributed by atoms with Gasteiger partial charge in [-0.2, -0.15) is 0 Å². The van der Waals surface area contributed by atoms with Crippen molar-refractivity contribution in [1.82, 2.24) is 4.90 Å². The highest BCUT2D eigenvalue weighted by Crippen LogP contribution is 2.16. The van der Waals surface area contributed by atoms with E-state index in [4.69, 9.17) is 11.6 Å². The molecule has 2 rings (SSSR count).